The van der Waals surface area contributed by atoms with Gasteiger partial charge in [0.1, 0.15) is 0 Å². The highest BCUT2D eigenvalue weighted by Gasteiger charge is 2.27. The molecule has 0 spiro atoms. The molecule has 1 aromatic heterocycles. The van der Waals surface area contributed by atoms with E-state index < -0.39 is 5.97 Å². The number of aromatic nitrogens is 1. The molecule has 2 N–H and O–H groups in total. The quantitative estimate of drug-likeness (QED) is 0.909. The lowest BCUT2D eigenvalue weighted by Gasteiger charge is -2.22. The van der Waals surface area contributed by atoms with Crippen molar-refractivity contribution < 1.29 is 9.90 Å². The number of carbonyl (C=O) groups is 1. The van der Waals surface area contributed by atoms with Crippen LogP contribution in [0.25, 0.3) is 10.9 Å². The predicted octanol–water partition coefficient (Wildman–Crippen LogP) is 3.26. The summed E-state index contributed by atoms with van der Waals surface area (Å²) in [5.74, 6) is -0.715. The number of aromatic amines is 1. The number of halogens is 1. The van der Waals surface area contributed by atoms with Gasteiger partial charge < -0.3 is 10.1 Å². The average molecular weight is 293 g/mol. The molecule has 0 amide bonds. The van der Waals surface area contributed by atoms with Gasteiger partial charge in [0.2, 0.25) is 0 Å². The molecule has 1 unspecified atom stereocenters. The number of carboxylic acids is 1. The van der Waals surface area contributed by atoms with Crippen molar-refractivity contribution in [1.82, 2.24) is 9.88 Å². The lowest BCUT2D eigenvalue weighted by Crippen LogP contribution is -2.30. The van der Waals surface area contributed by atoms with Crippen molar-refractivity contribution in [2.24, 2.45) is 0 Å². The minimum Gasteiger partial charge on any atom is -0.481 e. The summed E-state index contributed by atoms with van der Waals surface area (Å²) in [4.78, 5) is 16.4. The second kappa shape index (κ2) is 5.46. The van der Waals surface area contributed by atoms with Crippen molar-refractivity contribution in [3.05, 3.63) is 35.0 Å². The molecule has 0 bridgehead atoms. The van der Waals surface area contributed by atoms with E-state index >= 15 is 0 Å². The Kier molecular flexibility index (Phi) is 3.68. The van der Waals surface area contributed by atoms with Crippen LogP contribution in [0.3, 0.4) is 0 Å². The Labute approximate surface area is 122 Å². The zero-order valence-corrected chi connectivity index (χ0v) is 11.9. The molecule has 20 heavy (non-hydrogen) atoms. The molecule has 1 saturated heterocycles. The molecule has 0 saturated carbocycles. The van der Waals surface area contributed by atoms with Crippen LogP contribution in [-0.2, 0) is 11.3 Å². The third-order valence-corrected chi connectivity index (χ3v) is 4.25. The highest BCUT2D eigenvalue weighted by atomic mass is 35.5. The Balaban J connectivity index is 1.80. The normalized spacial score (nSPS) is 19.8. The molecule has 2 heterocycles. The summed E-state index contributed by atoms with van der Waals surface area (Å²) in [6.45, 7) is 1.76. The van der Waals surface area contributed by atoms with E-state index in [9.17, 15) is 4.79 Å². The fourth-order valence-corrected chi connectivity index (χ4v) is 3.22. The largest absolute Gasteiger partial charge is 0.481 e. The van der Waals surface area contributed by atoms with Crippen LogP contribution in [0.2, 0.25) is 5.02 Å². The van der Waals surface area contributed by atoms with Crippen LogP contribution >= 0.6 is 11.6 Å². The van der Waals surface area contributed by atoms with E-state index in [4.69, 9.17) is 16.7 Å². The number of aliphatic carboxylic acids is 1. The van der Waals surface area contributed by atoms with Gasteiger partial charge in [0, 0.05) is 34.7 Å². The molecular weight excluding hydrogens is 276 g/mol. The lowest BCUT2D eigenvalue weighted by molar-refractivity contribution is -0.138. The van der Waals surface area contributed by atoms with Crippen molar-refractivity contribution in [2.45, 2.75) is 31.8 Å². The summed E-state index contributed by atoms with van der Waals surface area (Å²) in [6, 6.07) is 5.98. The highest BCUT2D eigenvalue weighted by molar-refractivity contribution is 6.31. The lowest BCUT2D eigenvalue weighted by atomic mass is 10.1. The first-order valence-corrected chi connectivity index (χ1v) is 7.22. The zero-order chi connectivity index (χ0) is 14.1. The first kappa shape index (κ1) is 13.5. The average Bonchev–Trinajstić information content (AvgIpc) is 2.97. The van der Waals surface area contributed by atoms with Crippen molar-refractivity contribution in [3.63, 3.8) is 0 Å². The molecule has 4 nitrogen and oxygen atoms in total. The van der Waals surface area contributed by atoms with E-state index in [0.29, 0.717) is 0 Å². The fraction of sp³-hybridized carbons (Fsp3) is 0.400. The number of benzene rings is 1. The molecule has 1 atom stereocenters. The predicted molar refractivity (Wildman–Crippen MR) is 79.0 cm³/mol. The number of carboxylic acid groups (broad SMARTS) is 1. The minimum absolute atomic E-state index is 0.157. The van der Waals surface area contributed by atoms with Gasteiger partial charge in [0.05, 0.1) is 6.42 Å². The van der Waals surface area contributed by atoms with E-state index in [2.05, 4.69) is 9.88 Å². The summed E-state index contributed by atoms with van der Waals surface area (Å²) in [6.07, 6.45) is 4.28. The van der Waals surface area contributed by atoms with E-state index in [1.807, 2.05) is 24.4 Å². The topological polar surface area (TPSA) is 56.3 Å². The maximum atomic E-state index is 10.9. The number of hydrogen-bond acceptors (Lipinski definition) is 2. The van der Waals surface area contributed by atoms with Crippen LogP contribution in [0, 0.1) is 0 Å². The Morgan fingerprint density at radius 2 is 2.35 bits per heavy atom. The fourth-order valence-electron chi connectivity index (χ4n) is 3.04. The third kappa shape index (κ3) is 2.67. The maximum Gasteiger partial charge on any atom is 0.304 e. The van der Waals surface area contributed by atoms with E-state index in [-0.39, 0.29) is 12.5 Å². The molecule has 5 heteroatoms. The SMILES string of the molecule is O=C(O)CC1CCCN1Cc1c[nH]c2cc(Cl)ccc12. The first-order chi connectivity index (χ1) is 9.63. The van der Waals surface area contributed by atoms with E-state index in [1.165, 1.54) is 5.56 Å². The minimum atomic E-state index is -0.715. The van der Waals surface area contributed by atoms with Gasteiger partial charge in [0.15, 0.2) is 0 Å². The molecule has 1 aliphatic rings. The van der Waals surface area contributed by atoms with Crippen molar-refractivity contribution in [1.29, 1.82) is 0 Å². The van der Waals surface area contributed by atoms with Gasteiger partial charge in [0.25, 0.3) is 0 Å². The second-order valence-corrected chi connectivity index (χ2v) is 5.80. The second-order valence-electron chi connectivity index (χ2n) is 5.37. The Morgan fingerprint density at radius 1 is 1.50 bits per heavy atom. The Bertz CT molecular complexity index is 638. The molecule has 3 rings (SSSR count). The molecule has 0 aliphatic carbocycles. The molecule has 1 fully saturated rings. The van der Waals surface area contributed by atoms with E-state index in [1.54, 1.807) is 0 Å². The van der Waals surface area contributed by atoms with Gasteiger partial charge in [-0.2, -0.15) is 0 Å². The van der Waals surface area contributed by atoms with Gasteiger partial charge in [-0.05, 0) is 37.1 Å². The number of hydrogen-bond donors (Lipinski definition) is 2. The van der Waals surface area contributed by atoms with Crippen molar-refractivity contribution in [2.75, 3.05) is 6.54 Å². The summed E-state index contributed by atoms with van der Waals surface area (Å²) in [5.41, 5.74) is 2.23. The smallest absolute Gasteiger partial charge is 0.304 e. The van der Waals surface area contributed by atoms with Crippen LogP contribution in [0.15, 0.2) is 24.4 Å². The summed E-state index contributed by atoms with van der Waals surface area (Å²) >= 11 is 5.98. The van der Waals surface area contributed by atoms with Crippen molar-refractivity contribution >= 4 is 28.5 Å². The summed E-state index contributed by atoms with van der Waals surface area (Å²) in [7, 11) is 0. The molecule has 1 aromatic carbocycles. The Hall–Kier alpha value is -1.52. The van der Waals surface area contributed by atoms with Gasteiger partial charge >= 0.3 is 5.97 Å². The molecular formula is C15H17ClN2O2. The van der Waals surface area contributed by atoms with E-state index in [0.717, 1.165) is 41.9 Å². The first-order valence-electron chi connectivity index (χ1n) is 6.85. The zero-order valence-electron chi connectivity index (χ0n) is 11.1. The number of rotatable bonds is 4. The van der Waals surface area contributed by atoms with Gasteiger partial charge in [-0.3, -0.25) is 9.69 Å². The number of H-pyrrole nitrogens is 1. The van der Waals surface area contributed by atoms with Crippen LogP contribution < -0.4 is 0 Å². The number of fused-ring (bicyclic) bond motifs is 1. The highest BCUT2D eigenvalue weighted by Crippen LogP contribution is 2.27. The van der Waals surface area contributed by atoms with Crippen LogP contribution in [0.4, 0.5) is 0 Å². The van der Waals surface area contributed by atoms with Gasteiger partial charge in [-0.25, -0.2) is 0 Å². The van der Waals surface area contributed by atoms with Crippen molar-refractivity contribution in [3.8, 4) is 0 Å². The monoisotopic (exact) mass is 292 g/mol. The molecule has 1 aliphatic heterocycles. The molecule has 2 aromatic rings. The van der Waals surface area contributed by atoms with Gasteiger partial charge in [-0.1, -0.05) is 17.7 Å². The van der Waals surface area contributed by atoms with Crippen LogP contribution in [0.1, 0.15) is 24.8 Å². The number of nitrogens with zero attached hydrogens (tertiary/aromatic N) is 1. The van der Waals surface area contributed by atoms with Crippen LogP contribution in [0.5, 0.6) is 0 Å². The van der Waals surface area contributed by atoms with Crippen LogP contribution in [-0.4, -0.2) is 33.5 Å². The summed E-state index contributed by atoms with van der Waals surface area (Å²) < 4.78 is 0. The maximum absolute atomic E-state index is 10.9. The molecule has 0 radical (unpaired) electrons. The standard InChI is InChI=1S/C15H17ClN2O2/c16-11-3-4-13-10(8-17-14(13)6-11)9-18-5-1-2-12(18)7-15(19)20/h3-4,6,8,12,17H,1-2,5,7,9H2,(H,19,20). The molecule has 106 valence electrons. The third-order valence-electron chi connectivity index (χ3n) is 4.01. The number of nitrogens with one attached hydrogen (secondary N) is 1. The Morgan fingerprint density at radius 3 is 3.15 bits per heavy atom. The number of likely N-dealkylation sites (tertiary alicyclic amines) is 1. The van der Waals surface area contributed by atoms with Gasteiger partial charge in [-0.15, -0.1) is 0 Å². The summed E-state index contributed by atoms with van der Waals surface area (Å²) in [5, 5.41) is 10.9.